The number of amides is 1. The van der Waals surface area contributed by atoms with Crippen molar-refractivity contribution >= 4 is 12.2 Å². The number of carbonyl (C=O) groups is 2. The second-order valence-electron chi connectivity index (χ2n) is 3.89. The van der Waals surface area contributed by atoms with Gasteiger partial charge in [0, 0.05) is 6.92 Å². The Bertz CT molecular complexity index is 213. The van der Waals surface area contributed by atoms with Crippen LogP contribution in [-0.4, -0.2) is 17.7 Å². The van der Waals surface area contributed by atoms with E-state index in [1.165, 1.54) is 6.92 Å². The van der Waals surface area contributed by atoms with Crippen LogP contribution in [0.1, 0.15) is 27.2 Å². The van der Waals surface area contributed by atoms with E-state index in [1.54, 1.807) is 0 Å². The minimum atomic E-state index is -0.528. The Labute approximate surface area is 72.5 Å². The molecule has 1 aliphatic carbocycles. The van der Waals surface area contributed by atoms with Gasteiger partial charge in [-0.1, -0.05) is 13.8 Å². The Morgan fingerprint density at radius 1 is 1.67 bits per heavy atom. The molecule has 0 aromatic rings. The summed E-state index contributed by atoms with van der Waals surface area (Å²) in [5.74, 6) is 0.672. The van der Waals surface area contributed by atoms with Crippen molar-refractivity contribution in [3.8, 4) is 0 Å². The molecule has 1 unspecified atom stereocenters. The molecule has 68 valence electrons. The summed E-state index contributed by atoms with van der Waals surface area (Å²) in [5, 5.41) is 2.70. The van der Waals surface area contributed by atoms with Crippen molar-refractivity contribution in [1.82, 2.24) is 5.32 Å². The fourth-order valence-corrected chi connectivity index (χ4v) is 1.77. The van der Waals surface area contributed by atoms with Gasteiger partial charge in [-0.2, -0.15) is 0 Å². The lowest BCUT2D eigenvalue weighted by atomic mass is 10.0. The Morgan fingerprint density at radius 2 is 2.25 bits per heavy atom. The number of hydrogen-bond acceptors (Lipinski definition) is 2. The SMILES string of the molecule is CC(=O)NC1(C=O)C[C@H]1C(C)C. The van der Waals surface area contributed by atoms with Crippen molar-refractivity contribution < 1.29 is 9.59 Å². The topological polar surface area (TPSA) is 46.2 Å². The van der Waals surface area contributed by atoms with Gasteiger partial charge in [0.2, 0.25) is 5.91 Å². The van der Waals surface area contributed by atoms with E-state index in [0.717, 1.165) is 12.7 Å². The molecular weight excluding hydrogens is 154 g/mol. The largest absolute Gasteiger partial charge is 0.344 e. The molecule has 12 heavy (non-hydrogen) atoms. The quantitative estimate of drug-likeness (QED) is 0.633. The van der Waals surface area contributed by atoms with Crippen LogP contribution in [-0.2, 0) is 9.59 Å². The average molecular weight is 169 g/mol. The normalized spacial score (nSPS) is 33.2. The van der Waals surface area contributed by atoms with Gasteiger partial charge in [-0.3, -0.25) is 4.79 Å². The minimum Gasteiger partial charge on any atom is -0.344 e. The summed E-state index contributed by atoms with van der Waals surface area (Å²) in [6.07, 6.45) is 1.67. The van der Waals surface area contributed by atoms with E-state index in [4.69, 9.17) is 0 Å². The van der Waals surface area contributed by atoms with E-state index in [9.17, 15) is 9.59 Å². The molecule has 0 aromatic carbocycles. The Balaban J connectivity index is 2.58. The summed E-state index contributed by atoms with van der Waals surface area (Å²) in [6, 6.07) is 0. The molecule has 0 heterocycles. The number of rotatable bonds is 3. The van der Waals surface area contributed by atoms with Crippen molar-refractivity contribution in [3.05, 3.63) is 0 Å². The zero-order valence-electron chi connectivity index (χ0n) is 7.76. The van der Waals surface area contributed by atoms with E-state index in [2.05, 4.69) is 19.2 Å². The maximum Gasteiger partial charge on any atom is 0.217 e. The molecule has 1 aliphatic rings. The highest BCUT2D eigenvalue weighted by molar-refractivity contribution is 5.82. The predicted octanol–water partition coefficient (Wildman–Crippen LogP) is 0.736. The monoisotopic (exact) mass is 169 g/mol. The van der Waals surface area contributed by atoms with E-state index < -0.39 is 5.54 Å². The average Bonchev–Trinajstić information content (AvgIpc) is 2.63. The fraction of sp³-hybridized carbons (Fsp3) is 0.778. The smallest absolute Gasteiger partial charge is 0.217 e. The van der Waals surface area contributed by atoms with Crippen molar-refractivity contribution in [2.45, 2.75) is 32.7 Å². The number of aldehydes is 1. The molecule has 0 aliphatic heterocycles. The third-order valence-corrected chi connectivity index (χ3v) is 2.48. The van der Waals surface area contributed by atoms with E-state index in [1.807, 2.05) is 0 Å². The third kappa shape index (κ3) is 1.49. The van der Waals surface area contributed by atoms with Gasteiger partial charge in [0.15, 0.2) is 0 Å². The van der Waals surface area contributed by atoms with Crippen LogP contribution in [0.5, 0.6) is 0 Å². The third-order valence-electron chi connectivity index (χ3n) is 2.48. The molecule has 0 aromatic heterocycles. The van der Waals surface area contributed by atoms with E-state index in [-0.39, 0.29) is 5.91 Å². The van der Waals surface area contributed by atoms with Gasteiger partial charge >= 0.3 is 0 Å². The van der Waals surface area contributed by atoms with Crippen LogP contribution < -0.4 is 5.32 Å². The molecule has 1 saturated carbocycles. The summed E-state index contributed by atoms with van der Waals surface area (Å²) >= 11 is 0. The standard InChI is InChI=1S/C9H15NO2/c1-6(2)8-4-9(8,5-11)10-7(3)12/h5-6,8H,4H2,1-3H3,(H,10,12)/t8-,9?/m0/s1. The first-order chi connectivity index (χ1) is 5.52. The summed E-state index contributed by atoms with van der Waals surface area (Å²) < 4.78 is 0. The second kappa shape index (κ2) is 2.88. The van der Waals surface area contributed by atoms with Crippen molar-refractivity contribution in [1.29, 1.82) is 0 Å². The van der Waals surface area contributed by atoms with Gasteiger partial charge < -0.3 is 10.1 Å². The Hall–Kier alpha value is -0.860. The molecule has 1 fully saturated rings. The highest BCUT2D eigenvalue weighted by Crippen LogP contribution is 2.46. The highest BCUT2D eigenvalue weighted by atomic mass is 16.2. The Morgan fingerprint density at radius 3 is 2.50 bits per heavy atom. The van der Waals surface area contributed by atoms with E-state index in [0.29, 0.717) is 11.8 Å². The molecule has 1 amide bonds. The summed E-state index contributed by atoms with van der Waals surface area (Å²) in [5.41, 5.74) is -0.528. The first kappa shape index (κ1) is 9.23. The highest BCUT2D eigenvalue weighted by Gasteiger charge is 2.56. The number of nitrogens with one attached hydrogen (secondary N) is 1. The molecule has 3 heteroatoms. The minimum absolute atomic E-state index is 0.120. The molecule has 3 nitrogen and oxygen atoms in total. The van der Waals surface area contributed by atoms with E-state index >= 15 is 0 Å². The van der Waals surface area contributed by atoms with Crippen molar-refractivity contribution in [2.24, 2.45) is 11.8 Å². The molecule has 2 atom stereocenters. The maximum atomic E-state index is 10.8. The zero-order chi connectivity index (χ0) is 9.35. The summed E-state index contributed by atoms with van der Waals surface area (Å²) in [7, 11) is 0. The molecule has 0 radical (unpaired) electrons. The Kier molecular flexibility index (Phi) is 2.22. The first-order valence-corrected chi connectivity index (χ1v) is 4.27. The van der Waals surface area contributed by atoms with Gasteiger partial charge in [0.25, 0.3) is 0 Å². The second-order valence-corrected chi connectivity index (χ2v) is 3.89. The fourth-order valence-electron chi connectivity index (χ4n) is 1.77. The number of carbonyl (C=O) groups excluding carboxylic acids is 2. The summed E-state index contributed by atoms with van der Waals surface area (Å²) in [4.78, 5) is 21.5. The van der Waals surface area contributed by atoms with Crippen LogP contribution in [0.2, 0.25) is 0 Å². The van der Waals surface area contributed by atoms with Crippen LogP contribution in [0, 0.1) is 11.8 Å². The van der Waals surface area contributed by atoms with Crippen LogP contribution in [0.4, 0.5) is 0 Å². The lowest BCUT2D eigenvalue weighted by molar-refractivity contribution is -0.123. The predicted molar refractivity (Wildman–Crippen MR) is 45.6 cm³/mol. The molecule has 1 rings (SSSR count). The van der Waals surface area contributed by atoms with Crippen LogP contribution in [0.3, 0.4) is 0 Å². The lowest BCUT2D eigenvalue weighted by Gasteiger charge is -2.12. The van der Waals surface area contributed by atoms with Crippen molar-refractivity contribution in [2.75, 3.05) is 0 Å². The van der Waals surface area contributed by atoms with Crippen LogP contribution >= 0.6 is 0 Å². The molecule has 0 bridgehead atoms. The molecule has 1 N–H and O–H groups in total. The number of hydrogen-bond donors (Lipinski definition) is 1. The molecular formula is C9H15NO2. The first-order valence-electron chi connectivity index (χ1n) is 4.27. The van der Waals surface area contributed by atoms with Gasteiger partial charge in [0.1, 0.15) is 6.29 Å². The lowest BCUT2D eigenvalue weighted by Crippen LogP contribution is -2.39. The van der Waals surface area contributed by atoms with Gasteiger partial charge in [-0.25, -0.2) is 0 Å². The van der Waals surface area contributed by atoms with Gasteiger partial charge in [-0.15, -0.1) is 0 Å². The molecule has 0 spiro atoms. The van der Waals surface area contributed by atoms with Crippen molar-refractivity contribution in [3.63, 3.8) is 0 Å². The summed E-state index contributed by atoms with van der Waals surface area (Å²) in [6.45, 7) is 5.58. The zero-order valence-corrected chi connectivity index (χ0v) is 7.76. The molecule has 0 saturated heterocycles. The van der Waals surface area contributed by atoms with Crippen LogP contribution in [0.25, 0.3) is 0 Å². The van der Waals surface area contributed by atoms with Gasteiger partial charge in [0.05, 0.1) is 5.54 Å². The van der Waals surface area contributed by atoms with Crippen LogP contribution in [0.15, 0.2) is 0 Å². The van der Waals surface area contributed by atoms with Gasteiger partial charge in [-0.05, 0) is 18.3 Å². The maximum absolute atomic E-state index is 10.8.